The summed E-state index contributed by atoms with van der Waals surface area (Å²) in [5.74, 6) is 0.543. The zero-order chi connectivity index (χ0) is 27.1. The summed E-state index contributed by atoms with van der Waals surface area (Å²) in [5.41, 5.74) is 6.43. The number of nitrogens with zero attached hydrogens (tertiary/aromatic N) is 6. The quantitative estimate of drug-likeness (QED) is 0.226. The highest BCUT2D eigenvalue weighted by atomic mass is 32.1. The van der Waals surface area contributed by atoms with E-state index in [1.165, 1.54) is 33.8 Å². The van der Waals surface area contributed by atoms with E-state index in [9.17, 15) is 4.39 Å². The highest BCUT2D eigenvalue weighted by Gasteiger charge is 2.27. The normalized spacial score (nSPS) is 12.7. The van der Waals surface area contributed by atoms with E-state index < -0.39 is 0 Å². The maximum absolute atomic E-state index is 13.6. The van der Waals surface area contributed by atoms with E-state index in [0.29, 0.717) is 13.1 Å². The molecular weight excluding hydrogens is 527 g/mol. The Kier molecular flexibility index (Phi) is 6.46. The van der Waals surface area contributed by atoms with E-state index in [4.69, 9.17) is 5.11 Å². The van der Waals surface area contributed by atoms with Crippen molar-refractivity contribution in [2.75, 3.05) is 25.0 Å². The molecule has 0 saturated heterocycles. The van der Waals surface area contributed by atoms with E-state index in [0.717, 1.165) is 64.1 Å². The molecule has 202 valence electrons. The molecule has 0 radical (unpaired) electrons. The Morgan fingerprint density at radius 3 is 2.83 bits per heavy atom. The van der Waals surface area contributed by atoms with Gasteiger partial charge in [-0.15, -0.1) is 11.3 Å². The summed E-state index contributed by atoms with van der Waals surface area (Å²) in [6.07, 6.45) is 7.20. The van der Waals surface area contributed by atoms with Crippen LogP contribution in [0.1, 0.15) is 16.8 Å². The minimum absolute atomic E-state index is 0.133. The van der Waals surface area contributed by atoms with Crippen molar-refractivity contribution >= 4 is 44.0 Å². The number of hydrogen-bond acceptors (Lipinski definition) is 8. The van der Waals surface area contributed by atoms with E-state index >= 15 is 0 Å². The van der Waals surface area contributed by atoms with Crippen LogP contribution in [0.2, 0.25) is 0 Å². The Bertz CT molecular complexity index is 1840. The van der Waals surface area contributed by atoms with Crippen molar-refractivity contribution in [1.82, 2.24) is 34.8 Å². The second-order valence-electron chi connectivity index (χ2n) is 9.84. The summed E-state index contributed by atoms with van der Waals surface area (Å²) in [7, 11) is 0. The van der Waals surface area contributed by atoms with Crippen LogP contribution < -0.4 is 10.6 Å². The number of benzene rings is 2. The first-order valence-corrected chi connectivity index (χ1v) is 14.1. The van der Waals surface area contributed by atoms with Crippen LogP contribution in [-0.4, -0.2) is 54.3 Å². The molecule has 6 aromatic rings. The lowest BCUT2D eigenvalue weighted by atomic mass is 9.95. The second kappa shape index (κ2) is 10.4. The van der Waals surface area contributed by atoms with Gasteiger partial charge in [-0.2, -0.15) is 10.2 Å². The Balaban J connectivity index is 1.17. The Hall–Kier alpha value is -4.19. The number of aliphatic hydroxyl groups is 1. The Labute approximate surface area is 233 Å². The van der Waals surface area contributed by atoms with Gasteiger partial charge in [0.2, 0.25) is 0 Å². The lowest BCUT2D eigenvalue weighted by Gasteiger charge is -2.16. The summed E-state index contributed by atoms with van der Waals surface area (Å²) in [4.78, 5) is 11.4. The molecule has 4 aromatic heterocycles. The number of aliphatic hydroxyl groups excluding tert-OH is 1. The van der Waals surface area contributed by atoms with Crippen LogP contribution in [-0.2, 0) is 25.9 Å². The largest absolute Gasteiger partial charge is 0.395 e. The molecule has 0 unspecified atom stereocenters. The number of anilines is 2. The lowest BCUT2D eigenvalue weighted by Crippen LogP contribution is -2.24. The van der Waals surface area contributed by atoms with Crippen LogP contribution in [0.4, 0.5) is 15.9 Å². The molecule has 9 nitrogen and oxygen atoms in total. The fourth-order valence-corrected chi connectivity index (χ4v) is 6.69. The molecular formula is C29H27FN8OS. The van der Waals surface area contributed by atoms with Gasteiger partial charge in [-0.1, -0.05) is 12.1 Å². The van der Waals surface area contributed by atoms with Crippen molar-refractivity contribution in [3.8, 4) is 10.4 Å². The van der Waals surface area contributed by atoms with E-state index in [2.05, 4.69) is 41.5 Å². The molecule has 3 N–H and O–H groups in total. The third kappa shape index (κ3) is 4.51. The number of hydrogen-bond donors (Lipinski definition) is 3. The number of fused-ring (bicyclic) bond motifs is 6. The smallest absolute Gasteiger partial charge is 0.142 e. The van der Waals surface area contributed by atoms with Crippen LogP contribution in [0, 0.1) is 5.82 Å². The SMILES string of the molecule is OCCNCCn1ncc2c1CCc1c-2sc2ncnc(Nc3ccc4c(cnn4Cc4cccc(F)c4)c3)c12. The van der Waals surface area contributed by atoms with Gasteiger partial charge in [-0.25, -0.2) is 14.4 Å². The van der Waals surface area contributed by atoms with Crippen LogP contribution in [0.15, 0.2) is 61.2 Å². The van der Waals surface area contributed by atoms with Crippen molar-refractivity contribution in [3.63, 3.8) is 0 Å². The molecule has 1 aliphatic rings. The zero-order valence-corrected chi connectivity index (χ0v) is 22.5. The van der Waals surface area contributed by atoms with Gasteiger partial charge in [0.1, 0.15) is 22.8 Å². The summed E-state index contributed by atoms with van der Waals surface area (Å²) in [5, 5.41) is 27.0. The fraction of sp³-hybridized carbons (Fsp3) is 0.241. The van der Waals surface area contributed by atoms with E-state index in [1.54, 1.807) is 23.7 Å². The van der Waals surface area contributed by atoms with Crippen LogP contribution >= 0.6 is 11.3 Å². The zero-order valence-electron chi connectivity index (χ0n) is 21.6. The predicted molar refractivity (Wildman–Crippen MR) is 155 cm³/mol. The molecule has 1 aliphatic carbocycles. The second-order valence-corrected chi connectivity index (χ2v) is 10.8. The molecule has 11 heteroatoms. The van der Waals surface area contributed by atoms with E-state index in [-0.39, 0.29) is 12.4 Å². The maximum atomic E-state index is 13.6. The standard InChI is InChI=1S/C29H27FN8OS/c30-20-3-1-2-18(12-20)16-38-24-6-4-21(13-19(24)14-34-38)36-28-26-22-5-7-25-23(27(22)40-29(26)33-17-32-28)15-35-37(25)10-8-31-9-11-39/h1-4,6,12-15,17,31,39H,5,7-11,16H2,(H,32,33,36). The first-order valence-electron chi connectivity index (χ1n) is 13.3. The number of rotatable bonds is 9. The molecule has 0 fully saturated rings. The number of halogens is 1. The monoisotopic (exact) mass is 554 g/mol. The summed E-state index contributed by atoms with van der Waals surface area (Å²) in [6.45, 7) is 2.75. The van der Waals surface area contributed by atoms with Crippen molar-refractivity contribution in [2.45, 2.75) is 25.9 Å². The lowest BCUT2D eigenvalue weighted by molar-refractivity contribution is 0.291. The van der Waals surface area contributed by atoms with Gasteiger partial charge < -0.3 is 15.7 Å². The molecule has 2 aromatic carbocycles. The summed E-state index contributed by atoms with van der Waals surface area (Å²) < 4.78 is 17.6. The van der Waals surface area contributed by atoms with Gasteiger partial charge in [0.25, 0.3) is 0 Å². The number of aromatic nitrogens is 6. The van der Waals surface area contributed by atoms with Gasteiger partial charge in [0.15, 0.2) is 0 Å². The number of thiophene rings is 1. The average molecular weight is 555 g/mol. The molecule has 0 spiro atoms. The van der Waals surface area contributed by atoms with Crippen molar-refractivity contribution in [3.05, 3.63) is 83.8 Å². The molecule has 0 atom stereocenters. The number of aryl methyl sites for hydroxylation is 1. The summed E-state index contributed by atoms with van der Waals surface area (Å²) in [6, 6.07) is 12.7. The predicted octanol–water partition coefficient (Wildman–Crippen LogP) is 4.52. The first kappa shape index (κ1) is 24.8. The molecule has 40 heavy (non-hydrogen) atoms. The molecule has 0 bridgehead atoms. The van der Waals surface area contributed by atoms with Crippen LogP contribution in [0.3, 0.4) is 0 Å². The molecule has 7 rings (SSSR count). The van der Waals surface area contributed by atoms with Crippen molar-refractivity contribution in [1.29, 1.82) is 0 Å². The third-order valence-electron chi connectivity index (χ3n) is 7.31. The molecule has 4 heterocycles. The van der Waals surface area contributed by atoms with Gasteiger partial charge >= 0.3 is 0 Å². The molecule has 0 saturated carbocycles. The summed E-state index contributed by atoms with van der Waals surface area (Å²) >= 11 is 1.69. The highest BCUT2D eigenvalue weighted by molar-refractivity contribution is 7.22. The van der Waals surface area contributed by atoms with E-state index in [1.807, 2.05) is 35.3 Å². The minimum atomic E-state index is -0.246. The number of nitrogens with one attached hydrogen (secondary N) is 2. The third-order valence-corrected chi connectivity index (χ3v) is 8.48. The van der Waals surface area contributed by atoms with Crippen LogP contribution in [0.25, 0.3) is 31.6 Å². The van der Waals surface area contributed by atoms with Crippen molar-refractivity contribution < 1.29 is 9.50 Å². The fourth-order valence-electron chi connectivity index (χ4n) is 5.47. The first-order chi connectivity index (χ1) is 19.7. The van der Waals surface area contributed by atoms with Gasteiger partial charge in [-0.3, -0.25) is 9.36 Å². The average Bonchev–Trinajstić information content (AvgIpc) is 3.66. The molecule has 0 amide bonds. The highest BCUT2D eigenvalue weighted by Crippen LogP contribution is 2.45. The molecule has 0 aliphatic heterocycles. The Morgan fingerprint density at radius 1 is 1.00 bits per heavy atom. The topological polar surface area (TPSA) is 106 Å². The van der Waals surface area contributed by atoms with Gasteiger partial charge in [0, 0.05) is 40.3 Å². The Morgan fingerprint density at radius 2 is 1.93 bits per heavy atom. The van der Waals surface area contributed by atoms with Gasteiger partial charge in [-0.05, 0) is 54.3 Å². The van der Waals surface area contributed by atoms with Crippen LogP contribution in [0.5, 0.6) is 0 Å². The van der Waals surface area contributed by atoms with Crippen molar-refractivity contribution in [2.24, 2.45) is 0 Å². The van der Waals surface area contributed by atoms with Gasteiger partial charge in [0.05, 0.1) is 43.0 Å². The maximum Gasteiger partial charge on any atom is 0.142 e. The minimum Gasteiger partial charge on any atom is -0.395 e.